The number of rotatable bonds is 2. The van der Waals surface area contributed by atoms with Crippen molar-refractivity contribution in [1.82, 2.24) is 4.90 Å². The Morgan fingerprint density at radius 1 is 1.21 bits per heavy atom. The zero-order chi connectivity index (χ0) is 13.6. The van der Waals surface area contributed by atoms with Crippen molar-refractivity contribution < 1.29 is 4.79 Å². The van der Waals surface area contributed by atoms with Gasteiger partial charge in [0, 0.05) is 5.69 Å². The number of hydrogen-bond acceptors (Lipinski definition) is 2. The number of fused-ring (bicyclic) bond motifs is 2. The smallest absolute Gasteiger partial charge is 0.239 e. The Bertz CT molecular complexity index is 503. The highest BCUT2D eigenvalue weighted by atomic mass is 16.2. The minimum Gasteiger partial charge on any atom is -0.295 e. The van der Waals surface area contributed by atoms with Crippen molar-refractivity contribution in [3.8, 4) is 0 Å². The van der Waals surface area contributed by atoms with Crippen LogP contribution in [0.2, 0.25) is 0 Å². The van der Waals surface area contributed by atoms with Crippen molar-refractivity contribution in [3.63, 3.8) is 0 Å². The summed E-state index contributed by atoms with van der Waals surface area (Å²) in [5.74, 6) is 0.312. The number of hydrogen-bond donors (Lipinski definition) is 0. The van der Waals surface area contributed by atoms with Gasteiger partial charge in [-0.2, -0.15) is 0 Å². The van der Waals surface area contributed by atoms with Crippen LogP contribution in [0.15, 0.2) is 24.3 Å². The van der Waals surface area contributed by atoms with Gasteiger partial charge >= 0.3 is 0 Å². The third-order valence-corrected chi connectivity index (χ3v) is 4.89. The molecule has 2 aliphatic rings. The fraction of sp³-hybridized carbons (Fsp3) is 0.562. The Labute approximate surface area is 115 Å². The number of carbonyl (C=O) groups excluding carboxylic acids is 1. The van der Waals surface area contributed by atoms with Crippen LogP contribution in [0.3, 0.4) is 0 Å². The molecular weight excluding hydrogens is 236 g/mol. The molecule has 1 heterocycles. The molecule has 1 amide bonds. The highest BCUT2D eigenvalue weighted by molar-refractivity contribution is 6.08. The average Bonchev–Trinajstić information content (AvgIpc) is 2.97. The normalized spacial score (nSPS) is 22.3. The van der Waals surface area contributed by atoms with E-state index in [9.17, 15) is 4.79 Å². The molecule has 0 N–H and O–H groups in total. The van der Waals surface area contributed by atoms with Gasteiger partial charge in [-0.1, -0.05) is 31.0 Å². The number of nitrogens with zero attached hydrogens (tertiary/aromatic N) is 2. The fourth-order valence-corrected chi connectivity index (χ4v) is 3.61. The van der Waals surface area contributed by atoms with Gasteiger partial charge in [-0.15, -0.1) is 0 Å². The number of benzene rings is 1. The first kappa shape index (κ1) is 12.7. The lowest BCUT2D eigenvalue weighted by Gasteiger charge is -2.32. The Hall–Kier alpha value is -1.35. The van der Waals surface area contributed by atoms with Crippen molar-refractivity contribution in [1.29, 1.82) is 0 Å². The summed E-state index contributed by atoms with van der Waals surface area (Å²) in [4.78, 5) is 17.1. The van der Waals surface area contributed by atoms with Gasteiger partial charge < -0.3 is 0 Å². The minimum atomic E-state index is -0.221. The number of carbonyl (C=O) groups is 1. The van der Waals surface area contributed by atoms with Crippen LogP contribution in [0.4, 0.5) is 5.69 Å². The second-order valence-corrected chi connectivity index (χ2v) is 6.08. The van der Waals surface area contributed by atoms with E-state index in [1.807, 2.05) is 25.1 Å². The van der Waals surface area contributed by atoms with Crippen molar-refractivity contribution in [2.45, 2.75) is 44.2 Å². The van der Waals surface area contributed by atoms with Crippen molar-refractivity contribution in [2.24, 2.45) is 0 Å². The second-order valence-electron chi connectivity index (χ2n) is 6.08. The van der Waals surface area contributed by atoms with Crippen LogP contribution in [0.25, 0.3) is 0 Å². The molecule has 3 heteroatoms. The average molecular weight is 258 g/mol. The molecule has 1 aliphatic heterocycles. The SMILES string of the molecule is CC(N(C)C)N1C(=O)C2(CCCC2)c2ccccc21. The van der Waals surface area contributed by atoms with E-state index in [-0.39, 0.29) is 11.6 Å². The van der Waals surface area contributed by atoms with Crippen LogP contribution in [-0.2, 0) is 10.2 Å². The molecule has 3 rings (SSSR count). The molecule has 1 aromatic rings. The zero-order valence-corrected chi connectivity index (χ0v) is 12.0. The summed E-state index contributed by atoms with van der Waals surface area (Å²) in [6.45, 7) is 2.10. The van der Waals surface area contributed by atoms with Gasteiger partial charge in [0.1, 0.15) is 0 Å². The van der Waals surface area contributed by atoms with E-state index in [0.717, 1.165) is 18.5 Å². The van der Waals surface area contributed by atoms with E-state index in [1.54, 1.807) is 0 Å². The van der Waals surface area contributed by atoms with Crippen LogP contribution >= 0.6 is 0 Å². The number of anilines is 1. The van der Waals surface area contributed by atoms with Crippen molar-refractivity contribution in [3.05, 3.63) is 29.8 Å². The van der Waals surface area contributed by atoms with Crippen molar-refractivity contribution >= 4 is 11.6 Å². The third-order valence-electron chi connectivity index (χ3n) is 4.89. The Morgan fingerprint density at radius 3 is 2.47 bits per heavy atom. The molecule has 0 bridgehead atoms. The first-order chi connectivity index (χ1) is 9.08. The summed E-state index contributed by atoms with van der Waals surface area (Å²) in [5.41, 5.74) is 2.16. The van der Waals surface area contributed by atoms with E-state index < -0.39 is 0 Å². The third kappa shape index (κ3) is 1.64. The van der Waals surface area contributed by atoms with Gasteiger partial charge in [0.05, 0.1) is 11.6 Å². The Kier molecular flexibility index (Phi) is 2.90. The van der Waals surface area contributed by atoms with E-state index in [1.165, 1.54) is 18.4 Å². The minimum absolute atomic E-state index is 0.105. The van der Waals surface area contributed by atoms with Gasteiger partial charge in [-0.05, 0) is 45.5 Å². The molecule has 1 saturated carbocycles. The first-order valence-electron chi connectivity index (χ1n) is 7.17. The maximum atomic E-state index is 13.0. The maximum Gasteiger partial charge on any atom is 0.239 e. The predicted octanol–water partition coefficient (Wildman–Crippen LogP) is 2.75. The van der Waals surface area contributed by atoms with Crippen LogP contribution in [0.5, 0.6) is 0 Å². The van der Waals surface area contributed by atoms with E-state index in [4.69, 9.17) is 0 Å². The standard InChI is InChI=1S/C16H22N2O/c1-12(17(2)3)18-14-9-5-4-8-13(14)16(15(18)19)10-6-7-11-16/h4-5,8-9,12H,6-7,10-11H2,1-3H3. The lowest BCUT2D eigenvalue weighted by molar-refractivity contribution is -0.124. The fourth-order valence-electron chi connectivity index (χ4n) is 3.61. The molecule has 102 valence electrons. The summed E-state index contributed by atoms with van der Waals surface area (Å²) >= 11 is 0. The van der Waals surface area contributed by atoms with Gasteiger partial charge in [0.25, 0.3) is 0 Å². The predicted molar refractivity (Wildman–Crippen MR) is 77.2 cm³/mol. The summed E-state index contributed by atoms with van der Waals surface area (Å²) < 4.78 is 0. The summed E-state index contributed by atoms with van der Waals surface area (Å²) in [6, 6.07) is 8.35. The largest absolute Gasteiger partial charge is 0.295 e. The quantitative estimate of drug-likeness (QED) is 0.814. The first-order valence-corrected chi connectivity index (χ1v) is 7.17. The van der Waals surface area contributed by atoms with Crippen LogP contribution < -0.4 is 4.90 Å². The zero-order valence-electron chi connectivity index (χ0n) is 12.0. The summed E-state index contributed by atoms with van der Waals surface area (Å²) in [7, 11) is 4.06. The molecule has 1 aromatic carbocycles. The molecule has 1 atom stereocenters. The molecule has 3 nitrogen and oxygen atoms in total. The molecular formula is C16H22N2O. The molecule has 1 spiro atoms. The van der Waals surface area contributed by atoms with E-state index >= 15 is 0 Å². The molecule has 0 saturated heterocycles. The van der Waals surface area contributed by atoms with Crippen molar-refractivity contribution in [2.75, 3.05) is 19.0 Å². The number of amides is 1. The van der Waals surface area contributed by atoms with Crippen LogP contribution in [-0.4, -0.2) is 31.1 Å². The Morgan fingerprint density at radius 2 is 1.84 bits per heavy atom. The molecule has 19 heavy (non-hydrogen) atoms. The molecule has 1 unspecified atom stereocenters. The highest BCUT2D eigenvalue weighted by Gasteiger charge is 2.53. The summed E-state index contributed by atoms with van der Waals surface area (Å²) in [5, 5.41) is 0. The molecule has 0 aromatic heterocycles. The Balaban J connectivity index is 2.12. The van der Waals surface area contributed by atoms with Crippen LogP contribution in [0, 0.1) is 0 Å². The van der Waals surface area contributed by atoms with E-state index in [0.29, 0.717) is 5.91 Å². The maximum absolute atomic E-state index is 13.0. The highest BCUT2D eigenvalue weighted by Crippen LogP contribution is 2.51. The van der Waals surface area contributed by atoms with Crippen LogP contribution in [0.1, 0.15) is 38.2 Å². The molecule has 1 aliphatic carbocycles. The summed E-state index contributed by atoms with van der Waals surface area (Å²) in [6.07, 6.45) is 4.47. The lowest BCUT2D eigenvalue weighted by Crippen LogP contribution is -2.48. The topological polar surface area (TPSA) is 23.6 Å². The second kappa shape index (κ2) is 4.34. The van der Waals surface area contributed by atoms with Gasteiger partial charge in [0.15, 0.2) is 0 Å². The van der Waals surface area contributed by atoms with E-state index in [2.05, 4.69) is 30.0 Å². The monoisotopic (exact) mass is 258 g/mol. The lowest BCUT2D eigenvalue weighted by atomic mass is 9.80. The van der Waals surface area contributed by atoms with Gasteiger partial charge in [0.2, 0.25) is 5.91 Å². The number of para-hydroxylation sites is 1. The van der Waals surface area contributed by atoms with Gasteiger partial charge in [-0.3, -0.25) is 14.6 Å². The molecule has 1 fully saturated rings. The molecule has 0 radical (unpaired) electrons. The van der Waals surface area contributed by atoms with Gasteiger partial charge in [-0.25, -0.2) is 0 Å².